The number of ether oxygens (including phenoxy) is 6. The molecule has 0 aromatic carbocycles. The van der Waals surface area contributed by atoms with E-state index in [0.717, 1.165) is 70.6 Å². The molecule has 19 nitrogen and oxygen atoms in total. The summed E-state index contributed by atoms with van der Waals surface area (Å²) < 4.78 is 34.3. The van der Waals surface area contributed by atoms with Crippen molar-refractivity contribution in [3.63, 3.8) is 0 Å². The summed E-state index contributed by atoms with van der Waals surface area (Å²) in [5.41, 5.74) is 0. The van der Waals surface area contributed by atoms with E-state index in [-0.39, 0.29) is 18.9 Å². The topological polar surface area (TPSA) is 307 Å². The zero-order chi connectivity index (χ0) is 62.6. The van der Waals surface area contributed by atoms with E-state index in [9.17, 15) is 61.0 Å². The summed E-state index contributed by atoms with van der Waals surface area (Å²) in [5.74, 6) is -0.311. The standard InChI is InChI=1S/C67H117NO18/c1-3-5-7-9-11-13-15-17-19-21-22-23-24-25-26-27-29-30-32-34-36-38-40-42-44-51(72)50(68-55(73)45-43-41-39-37-35-33-31-28-20-18-16-14-12-10-8-6-4-2)49-81-65-61(79)58(76)63(53(47-70)83-65)86-67-62(80)59(77)64(54(48-71)84-67)85-66-60(78)57(75)56(74)52(46-69)82-66/h6,8,12,14,18,20,31,33-34,36,42,44,50-54,56-67,69-72,74-80H,3-5,7,9-11,13,15-17,19,21-30,32,35,37-41,43,45-49H2,1-2H3,(H,68,73)/b8-6-,14-12-,20-18-,33-31-,36-34+,44-42+. The predicted molar refractivity (Wildman–Crippen MR) is 332 cm³/mol. The number of aliphatic hydroxyl groups excluding tert-OH is 11. The average Bonchev–Trinajstić information content (AvgIpc) is 2.24. The number of unbranched alkanes of at least 4 members (excludes halogenated alkanes) is 23. The van der Waals surface area contributed by atoms with E-state index in [2.05, 4.69) is 79.9 Å². The molecule has 0 aliphatic carbocycles. The minimum Gasteiger partial charge on any atom is -0.394 e. The van der Waals surface area contributed by atoms with Crippen LogP contribution in [0.4, 0.5) is 0 Å². The molecule has 3 aliphatic heterocycles. The Morgan fingerprint density at radius 2 is 0.814 bits per heavy atom. The molecular formula is C67H117NO18. The summed E-state index contributed by atoms with van der Waals surface area (Å²) in [6.45, 7) is 1.58. The van der Waals surface area contributed by atoms with Gasteiger partial charge in [-0.3, -0.25) is 4.79 Å². The van der Waals surface area contributed by atoms with Crippen LogP contribution in [0.25, 0.3) is 0 Å². The fraction of sp³-hybridized carbons (Fsp3) is 0.806. The number of hydrogen-bond donors (Lipinski definition) is 12. The molecule has 3 fully saturated rings. The molecule has 86 heavy (non-hydrogen) atoms. The highest BCUT2D eigenvalue weighted by atomic mass is 16.8. The van der Waals surface area contributed by atoms with Gasteiger partial charge in [0.25, 0.3) is 0 Å². The number of carbonyl (C=O) groups is 1. The first-order valence-corrected chi connectivity index (χ1v) is 33.2. The molecule has 0 aromatic heterocycles. The second-order valence-corrected chi connectivity index (χ2v) is 23.5. The van der Waals surface area contributed by atoms with Gasteiger partial charge in [-0.25, -0.2) is 0 Å². The minimum absolute atomic E-state index is 0.204. The maximum absolute atomic E-state index is 13.4. The molecular weight excluding hydrogens is 1110 g/mol. The van der Waals surface area contributed by atoms with E-state index in [0.29, 0.717) is 12.8 Å². The van der Waals surface area contributed by atoms with E-state index < -0.39 is 124 Å². The highest BCUT2D eigenvalue weighted by Crippen LogP contribution is 2.33. The van der Waals surface area contributed by atoms with Crippen molar-refractivity contribution in [1.29, 1.82) is 0 Å². The Morgan fingerprint density at radius 1 is 0.430 bits per heavy atom. The van der Waals surface area contributed by atoms with E-state index in [1.165, 1.54) is 109 Å². The monoisotopic (exact) mass is 1220 g/mol. The number of allylic oxidation sites excluding steroid dienone is 11. The highest BCUT2D eigenvalue weighted by molar-refractivity contribution is 5.76. The quantitative estimate of drug-likeness (QED) is 0.0204. The summed E-state index contributed by atoms with van der Waals surface area (Å²) in [6.07, 6.45) is 33.1. The minimum atomic E-state index is -1.99. The predicted octanol–water partition coefficient (Wildman–Crippen LogP) is 7.77. The molecule has 17 atom stereocenters. The van der Waals surface area contributed by atoms with Crippen LogP contribution < -0.4 is 5.32 Å². The first-order chi connectivity index (χ1) is 41.8. The summed E-state index contributed by atoms with van der Waals surface area (Å²) >= 11 is 0. The average molecular weight is 1220 g/mol. The van der Waals surface area contributed by atoms with Crippen molar-refractivity contribution in [2.75, 3.05) is 26.4 Å². The van der Waals surface area contributed by atoms with Crippen molar-refractivity contribution < 1.29 is 89.4 Å². The fourth-order valence-electron chi connectivity index (χ4n) is 10.8. The number of amides is 1. The van der Waals surface area contributed by atoms with Gasteiger partial charge in [-0.1, -0.05) is 209 Å². The van der Waals surface area contributed by atoms with Crippen LogP contribution in [0.2, 0.25) is 0 Å². The molecule has 19 heteroatoms. The zero-order valence-electron chi connectivity index (χ0n) is 52.3. The van der Waals surface area contributed by atoms with Gasteiger partial charge in [0.15, 0.2) is 18.9 Å². The molecule has 498 valence electrons. The number of hydrogen-bond acceptors (Lipinski definition) is 18. The van der Waals surface area contributed by atoms with E-state index >= 15 is 0 Å². The fourth-order valence-corrected chi connectivity index (χ4v) is 10.8. The Bertz CT molecular complexity index is 1850. The molecule has 0 saturated carbocycles. The van der Waals surface area contributed by atoms with Crippen LogP contribution in [0.3, 0.4) is 0 Å². The summed E-state index contributed by atoms with van der Waals surface area (Å²) in [6, 6.07) is -1.01. The van der Waals surface area contributed by atoms with Crippen LogP contribution in [0, 0.1) is 0 Å². The van der Waals surface area contributed by atoms with Crippen molar-refractivity contribution in [2.45, 2.75) is 317 Å². The van der Waals surface area contributed by atoms with Crippen LogP contribution in [0.1, 0.15) is 213 Å². The van der Waals surface area contributed by atoms with Gasteiger partial charge in [-0.2, -0.15) is 0 Å². The molecule has 0 bridgehead atoms. The Hall–Kier alpha value is -2.77. The van der Waals surface area contributed by atoms with Gasteiger partial charge < -0.3 is 89.9 Å². The SMILES string of the molecule is CC/C=C\C/C=C\C/C=C\C/C=C\CCCCCCC(=O)NC(COC1OC(CO)C(OC2OC(CO)C(OC3OC(CO)C(O)C(O)C3O)C(O)C2O)C(O)C1O)C(O)/C=C/CC/C=C/CCCCCCCCCCCCCCCCCCCC. The van der Waals surface area contributed by atoms with Crippen LogP contribution in [-0.2, 0) is 33.2 Å². The van der Waals surface area contributed by atoms with Crippen molar-refractivity contribution >= 4 is 5.91 Å². The normalized spacial score (nSPS) is 29.2. The molecule has 12 N–H and O–H groups in total. The van der Waals surface area contributed by atoms with Gasteiger partial charge >= 0.3 is 0 Å². The molecule has 3 heterocycles. The lowest BCUT2D eigenvalue weighted by atomic mass is 9.96. The summed E-state index contributed by atoms with van der Waals surface area (Å²) in [7, 11) is 0. The van der Waals surface area contributed by atoms with Gasteiger partial charge in [0, 0.05) is 6.42 Å². The van der Waals surface area contributed by atoms with Crippen molar-refractivity contribution in [3.05, 3.63) is 72.9 Å². The second kappa shape index (κ2) is 49.0. The number of rotatable bonds is 49. The molecule has 0 spiro atoms. The lowest BCUT2D eigenvalue weighted by molar-refractivity contribution is -0.379. The Morgan fingerprint density at radius 3 is 1.30 bits per heavy atom. The van der Waals surface area contributed by atoms with Crippen molar-refractivity contribution in [1.82, 2.24) is 5.32 Å². The van der Waals surface area contributed by atoms with Gasteiger partial charge in [0.1, 0.15) is 73.2 Å². The number of aliphatic hydroxyl groups is 11. The third-order valence-electron chi connectivity index (χ3n) is 16.2. The lowest BCUT2D eigenvalue weighted by Gasteiger charge is -2.48. The second-order valence-electron chi connectivity index (χ2n) is 23.5. The van der Waals surface area contributed by atoms with Crippen LogP contribution in [0.5, 0.6) is 0 Å². The summed E-state index contributed by atoms with van der Waals surface area (Å²) in [5, 5.41) is 120. The third-order valence-corrected chi connectivity index (χ3v) is 16.2. The Kier molecular flexibility index (Phi) is 44.1. The molecule has 0 aromatic rings. The highest BCUT2D eigenvalue weighted by Gasteiger charge is 2.53. The molecule has 17 unspecified atom stereocenters. The number of nitrogens with one attached hydrogen (secondary N) is 1. The smallest absolute Gasteiger partial charge is 0.220 e. The van der Waals surface area contributed by atoms with Crippen LogP contribution in [-0.4, -0.2) is 193 Å². The van der Waals surface area contributed by atoms with Gasteiger partial charge in [0.05, 0.1) is 38.6 Å². The molecule has 3 aliphatic rings. The van der Waals surface area contributed by atoms with Crippen LogP contribution >= 0.6 is 0 Å². The molecule has 1 amide bonds. The largest absolute Gasteiger partial charge is 0.394 e. The van der Waals surface area contributed by atoms with Crippen molar-refractivity contribution in [2.24, 2.45) is 0 Å². The lowest BCUT2D eigenvalue weighted by Crippen LogP contribution is -2.66. The van der Waals surface area contributed by atoms with Gasteiger partial charge in [-0.15, -0.1) is 0 Å². The third kappa shape index (κ3) is 31.3. The maximum atomic E-state index is 13.4. The number of carbonyl (C=O) groups excluding carboxylic acids is 1. The maximum Gasteiger partial charge on any atom is 0.220 e. The van der Waals surface area contributed by atoms with Crippen LogP contribution in [0.15, 0.2) is 72.9 Å². The molecule has 3 saturated heterocycles. The summed E-state index contributed by atoms with van der Waals surface area (Å²) in [4.78, 5) is 13.4. The zero-order valence-corrected chi connectivity index (χ0v) is 52.3. The molecule has 0 radical (unpaired) electrons. The van der Waals surface area contributed by atoms with E-state index in [1.54, 1.807) is 6.08 Å². The van der Waals surface area contributed by atoms with Crippen molar-refractivity contribution in [3.8, 4) is 0 Å². The Balaban J connectivity index is 1.48. The van der Waals surface area contributed by atoms with Gasteiger partial charge in [-0.05, 0) is 70.6 Å². The molecule has 3 rings (SSSR count). The Labute approximate surface area is 515 Å². The first-order valence-electron chi connectivity index (χ1n) is 33.2. The van der Waals surface area contributed by atoms with E-state index in [1.807, 2.05) is 6.08 Å². The van der Waals surface area contributed by atoms with E-state index in [4.69, 9.17) is 28.4 Å². The van der Waals surface area contributed by atoms with Gasteiger partial charge in [0.2, 0.25) is 5.91 Å². The first kappa shape index (κ1) is 77.5.